The molecule has 0 amide bonds. The molecule has 0 bridgehead atoms. The Kier molecular flexibility index (Phi) is 7.15. The molecule has 0 N–H and O–H groups in total. The van der Waals surface area contributed by atoms with Gasteiger partial charge in [0.05, 0.1) is 0 Å². The Labute approximate surface area is 227 Å². The van der Waals surface area contributed by atoms with Gasteiger partial charge in [-0.3, -0.25) is 0 Å². The first-order valence-electron chi connectivity index (χ1n) is 13.2. The second-order valence-electron chi connectivity index (χ2n) is 10.6. The van der Waals surface area contributed by atoms with Crippen LogP contribution in [0.3, 0.4) is 0 Å². The van der Waals surface area contributed by atoms with E-state index in [1.54, 1.807) is 0 Å². The van der Waals surface area contributed by atoms with Crippen LogP contribution >= 0.6 is 0 Å². The Balaban J connectivity index is 1.48. The molecule has 0 atom stereocenters. The fourth-order valence-corrected chi connectivity index (χ4v) is 5.53. The standard InChI is InChI=1S/C34H38N4/c1-35(2)29-19-9-15-25-17-11-21-31(33(25)29)37(5)23-27-13-7-8-14-28(27)24-38(6)32-22-12-18-26-16-10-20-30(34(26)32)36(3)4/h7-22H,23-24H2,1-6H3. The Hall–Kier alpha value is -4.18. The fourth-order valence-electron chi connectivity index (χ4n) is 5.53. The second-order valence-corrected chi connectivity index (χ2v) is 10.6. The Morgan fingerprint density at radius 3 is 1.08 bits per heavy atom. The van der Waals surface area contributed by atoms with Crippen molar-refractivity contribution in [2.75, 3.05) is 61.9 Å². The van der Waals surface area contributed by atoms with Crippen molar-refractivity contribution in [2.24, 2.45) is 0 Å². The summed E-state index contributed by atoms with van der Waals surface area (Å²) in [6.45, 7) is 1.67. The van der Waals surface area contributed by atoms with E-state index < -0.39 is 0 Å². The summed E-state index contributed by atoms with van der Waals surface area (Å²) >= 11 is 0. The van der Waals surface area contributed by atoms with Crippen molar-refractivity contribution in [1.29, 1.82) is 0 Å². The lowest BCUT2D eigenvalue weighted by Crippen LogP contribution is -2.22. The van der Waals surface area contributed by atoms with Gasteiger partial charge in [0.15, 0.2) is 0 Å². The van der Waals surface area contributed by atoms with Crippen LogP contribution in [0.4, 0.5) is 22.7 Å². The van der Waals surface area contributed by atoms with Gasteiger partial charge in [-0.2, -0.15) is 0 Å². The van der Waals surface area contributed by atoms with Crippen LogP contribution in [0.5, 0.6) is 0 Å². The average Bonchev–Trinajstić information content (AvgIpc) is 2.92. The molecule has 0 heterocycles. The van der Waals surface area contributed by atoms with E-state index in [0.717, 1.165) is 13.1 Å². The van der Waals surface area contributed by atoms with Crippen molar-refractivity contribution >= 4 is 44.3 Å². The van der Waals surface area contributed by atoms with E-state index in [4.69, 9.17) is 0 Å². The van der Waals surface area contributed by atoms with Crippen molar-refractivity contribution < 1.29 is 0 Å². The van der Waals surface area contributed by atoms with E-state index in [0.29, 0.717) is 0 Å². The molecule has 0 aliphatic heterocycles. The minimum atomic E-state index is 0.837. The summed E-state index contributed by atoms with van der Waals surface area (Å²) in [5.74, 6) is 0. The molecule has 194 valence electrons. The van der Waals surface area contributed by atoms with Crippen LogP contribution in [0, 0.1) is 0 Å². The van der Waals surface area contributed by atoms with Crippen LogP contribution in [0.2, 0.25) is 0 Å². The summed E-state index contributed by atoms with van der Waals surface area (Å²) in [5, 5.41) is 5.12. The molecule has 0 fully saturated rings. The van der Waals surface area contributed by atoms with E-state index >= 15 is 0 Å². The maximum absolute atomic E-state index is 2.39. The van der Waals surface area contributed by atoms with Crippen LogP contribution in [0.1, 0.15) is 11.1 Å². The number of anilines is 4. The lowest BCUT2D eigenvalue weighted by molar-refractivity contribution is 0.868. The van der Waals surface area contributed by atoms with Crippen molar-refractivity contribution in [3.8, 4) is 0 Å². The zero-order valence-corrected chi connectivity index (χ0v) is 23.4. The molecule has 0 aliphatic rings. The second kappa shape index (κ2) is 10.7. The molecule has 4 heteroatoms. The summed E-state index contributed by atoms with van der Waals surface area (Å²) in [6.07, 6.45) is 0. The van der Waals surface area contributed by atoms with Crippen molar-refractivity contribution in [3.63, 3.8) is 0 Å². The van der Waals surface area contributed by atoms with Crippen LogP contribution in [-0.2, 0) is 13.1 Å². The lowest BCUT2D eigenvalue weighted by Gasteiger charge is -2.28. The summed E-state index contributed by atoms with van der Waals surface area (Å²) in [6, 6.07) is 35.2. The Bertz CT molecular complexity index is 1440. The van der Waals surface area contributed by atoms with E-state index in [9.17, 15) is 0 Å². The number of hydrogen-bond donors (Lipinski definition) is 0. The van der Waals surface area contributed by atoms with Gasteiger partial charge in [-0.05, 0) is 46.2 Å². The fraction of sp³-hybridized carbons (Fsp3) is 0.235. The molecule has 5 aromatic carbocycles. The summed E-state index contributed by atoms with van der Waals surface area (Å²) < 4.78 is 0. The normalized spacial score (nSPS) is 11.1. The van der Waals surface area contributed by atoms with Gasteiger partial charge in [0.25, 0.3) is 0 Å². The van der Waals surface area contributed by atoms with Crippen LogP contribution in [-0.4, -0.2) is 42.3 Å². The Morgan fingerprint density at radius 2 is 0.737 bits per heavy atom. The highest BCUT2D eigenvalue weighted by molar-refractivity contribution is 6.04. The molecule has 5 rings (SSSR count). The Morgan fingerprint density at radius 1 is 0.395 bits per heavy atom. The molecule has 0 aliphatic carbocycles. The highest BCUT2D eigenvalue weighted by Gasteiger charge is 2.16. The molecule has 5 aromatic rings. The maximum atomic E-state index is 2.39. The van der Waals surface area contributed by atoms with E-state index in [1.807, 2.05) is 0 Å². The zero-order valence-electron chi connectivity index (χ0n) is 23.4. The number of fused-ring (bicyclic) bond motifs is 2. The lowest BCUT2D eigenvalue weighted by atomic mass is 10.0. The molecule has 0 radical (unpaired) electrons. The van der Waals surface area contributed by atoms with Gasteiger partial charge in [-0.15, -0.1) is 0 Å². The smallest absolute Gasteiger partial charge is 0.0467 e. The van der Waals surface area contributed by atoms with Crippen molar-refractivity contribution in [3.05, 3.63) is 108 Å². The largest absolute Gasteiger partial charge is 0.377 e. The van der Waals surface area contributed by atoms with Crippen LogP contribution in [0.15, 0.2) is 97.1 Å². The number of hydrogen-bond acceptors (Lipinski definition) is 4. The van der Waals surface area contributed by atoms with Gasteiger partial charge in [0.1, 0.15) is 0 Å². The van der Waals surface area contributed by atoms with Crippen LogP contribution < -0.4 is 19.6 Å². The molecule has 38 heavy (non-hydrogen) atoms. The zero-order chi connectivity index (χ0) is 26.8. The molecular weight excluding hydrogens is 464 g/mol. The maximum Gasteiger partial charge on any atom is 0.0467 e. The molecule has 0 saturated carbocycles. The molecule has 0 saturated heterocycles. The average molecular weight is 503 g/mol. The van der Waals surface area contributed by atoms with E-state index in [1.165, 1.54) is 55.4 Å². The first-order chi connectivity index (χ1) is 18.3. The van der Waals surface area contributed by atoms with Gasteiger partial charge in [0.2, 0.25) is 0 Å². The van der Waals surface area contributed by atoms with E-state index in [2.05, 4.69) is 159 Å². The van der Waals surface area contributed by atoms with Gasteiger partial charge in [0, 0.05) is 88.9 Å². The SMILES string of the molecule is CN(C)c1cccc2cccc(N(C)Cc3ccccc3CN(C)c3cccc4cccc(N(C)C)c34)c12. The highest BCUT2D eigenvalue weighted by Crippen LogP contribution is 2.36. The summed E-state index contributed by atoms with van der Waals surface area (Å²) in [5.41, 5.74) is 7.67. The van der Waals surface area contributed by atoms with Crippen molar-refractivity contribution in [2.45, 2.75) is 13.1 Å². The first-order valence-corrected chi connectivity index (χ1v) is 13.2. The summed E-state index contributed by atoms with van der Waals surface area (Å²) in [4.78, 5) is 9.18. The minimum absolute atomic E-state index is 0.837. The number of rotatable bonds is 8. The monoisotopic (exact) mass is 502 g/mol. The molecular formula is C34H38N4. The quantitative estimate of drug-likeness (QED) is 0.219. The molecule has 4 nitrogen and oxygen atoms in total. The topological polar surface area (TPSA) is 13.0 Å². The number of nitrogens with zero attached hydrogens (tertiary/aromatic N) is 4. The van der Waals surface area contributed by atoms with Gasteiger partial charge < -0.3 is 19.6 Å². The van der Waals surface area contributed by atoms with Gasteiger partial charge >= 0.3 is 0 Å². The third kappa shape index (κ3) is 4.87. The first kappa shape index (κ1) is 25.5. The van der Waals surface area contributed by atoms with Gasteiger partial charge in [-0.1, -0.05) is 72.8 Å². The minimum Gasteiger partial charge on any atom is -0.377 e. The molecule has 0 aromatic heterocycles. The van der Waals surface area contributed by atoms with E-state index in [-0.39, 0.29) is 0 Å². The molecule has 0 unspecified atom stereocenters. The third-order valence-corrected chi connectivity index (χ3v) is 7.44. The molecule has 0 spiro atoms. The third-order valence-electron chi connectivity index (χ3n) is 7.44. The van der Waals surface area contributed by atoms with Crippen molar-refractivity contribution in [1.82, 2.24) is 0 Å². The predicted octanol–water partition coefficient (Wildman–Crippen LogP) is 7.40. The van der Waals surface area contributed by atoms with Crippen LogP contribution in [0.25, 0.3) is 21.5 Å². The predicted molar refractivity (Wildman–Crippen MR) is 167 cm³/mol. The highest BCUT2D eigenvalue weighted by atomic mass is 15.1. The number of benzene rings is 5. The van der Waals surface area contributed by atoms with Gasteiger partial charge in [-0.25, -0.2) is 0 Å². The summed E-state index contributed by atoms with van der Waals surface area (Å²) in [7, 11) is 12.9.